The Kier molecular flexibility index (Phi) is 6.23. The summed E-state index contributed by atoms with van der Waals surface area (Å²) in [5, 5.41) is 12.4. The number of rotatable bonds is 5. The van der Waals surface area contributed by atoms with Crippen LogP contribution in [-0.4, -0.2) is 10.5 Å². The van der Waals surface area contributed by atoms with Gasteiger partial charge < -0.3 is 9.88 Å². The van der Waals surface area contributed by atoms with E-state index < -0.39 is 5.91 Å². The summed E-state index contributed by atoms with van der Waals surface area (Å²) in [6.45, 7) is 10.4. The van der Waals surface area contributed by atoms with E-state index in [0.29, 0.717) is 11.6 Å². The van der Waals surface area contributed by atoms with E-state index in [1.165, 1.54) is 5.56 Å². The lowest BCUT2D eigenvalue weighted by molar-refractivity contribution is -0.112. The van der Waals surface area contributed by atoms with Crippen molar-refractivity contribution in [2.75, 3.05) is 5.32 Å². The number of amides is 1. The summed E-state index contributed by atoms with van der Waals surface area (Å²) in [5.41, 5.74) is 7.10. The molecule has 1 amide bonds. The van der Waals surface area contributed by atoms with Gasteiger partial charge in [0.25, 0.3) is 5.91 Å². The van der Waals surface area contributed by atoms with Gasteiger partial charge in [0.15, 0.2) is 0 Å². The van der Waals surface area contributed by atoms with Crippen LogP contribution in [0, 0.1) is 32.1 Å². The van der Waals surface area contributed by atoms with E-state index >= 15 is 0 Å². The van der Waals surface area contributed by atoms with Crippen LogP contribution >= 0.6 is 0 Å². The van der Waals surface area contributed by atoms with Gasteiger partial charge in [-0.15, -0.1) is 0 Å². The van der Waals surface area contributed by atoms with Crippen LogP contribution in [0.2, 0.25) is 0 Å². The van der Waals surface area contributed by atoms with Crippen molar-refractivity contribution >= 4 is 17.7 Å². The first-order valence-corrected chi connectivity index (χ1v) is 10.1. The van der Waals surface area contributed by atoms with Crippen molar-refractivity contribution in [2.45, 2.75) is 40.5 Å². The number of anilines is 1. The zero-order valence-corrected chi connectivity index (χ0v) is 18.2. The number of hydrogen-bond donors (Lipinski definition) is 1. The Labute approximate surface area is 178 Å². The number of nitrogens with zero attached hydrogens (tertiary/aromatic N) is 2. The number of nitrogens with one attached hydrogen (secondary N) is 1. The summed E-state index contributed by atoms with van der Waals surface area (Å²) in [6.07, 6.45) is 1.66. The molecule has 1 heterocycles. The fourth-order valence-electron chi connectivity index (χ4n) is 3.48. The fourth-order valence-corrected chi connectivity index (χ4v) is 3.48. The zero-order valence-electron chi connectivity index (χ0n) is 18.2. The summed E-state index contributed by atoms with van der Waals surface area (Å²) in [5.74, 6) is 0.0714. The third kappa shape index (κ3) is 4.52. The molecule has 0 saturated carbocycles. The smallest absolute Gasteiger partial charge is 0.266 e. The van der Waals surface area contributed by atoms with E-state index in [1.807, 2.05) is 57.2 Å². The molecule has 4 nitrogen and oxygen atoms in total. The maximum absolute atomic E-state index is 12.6. The second-order valence-electron chi connectivity index (χ2n) is 7.90. The molecule has 1 N–H and O–H groups in total. The molecule has 0 spiro atoms. The van der Waals surface area contributed by atoms with Gasteiger partial charge in [-0.2, -0.15) is 5.26 Å². The third-order valence-corrected chi connectivity index (χ3v) is 5.26. The van der Waals surface area contributed by atoms with Crippen molar-refractivity contribution < 1.29 is 4.79 Å². The quantitative estimate of drug-likeness (QED) is 0.419. The van der Waals surface area contributed by atoms with Crippen LogP contribution < -0.4 is 5.32 Å². The largest absolute Gasteiger partial charge is 0.321 e. The maximum atomic E-state index is 12.6. The van der Waals surface area contributed by atoms with Crippen molar-refractivity contribution in [1.82, 2.24) is 4.57 Å². The molecule has 0 bridgehead atoms. The Bertz CT molecular complexity index is 1120. The SMILES string of the molecule is Cc1ccc(NC(=O)/C(C#N)=C/c2cc(C)n(-c3ccc(C(C)C)cc3)c2C)cc1. The minimum absolute atomic E-state index is 0.0750. The maximum Gasteiger partial charge on any atom is 0.266 e. The highest BCUT2D eigenvalue weighted by Crippen LogP contribution is 2.25. The van der Waals surface area contributed by atoms with Gasteiger partial charge in [0, 0.05) is 22.8 Å². The van der Waals surface area contributed by atoms with Crippen LogP contribution in [0.1, 0.15) is 47.8 Å². The second kappa shape index (κ2) is 8.84. The van der Waals surface area contributed by atoms with Gasteiger partial charge in [-0.25, -0.2) is 0 Å². The first kappa shape index (κ1) is 21.1. The van der Waals surface area contributed by atoms with Crippen molar-refractivity contribution in [1.29, 1.82) is 5.26 Å². The molecule has 0 unspecified atom stereocenters. The van der Waals surface area contributed by atoms with Gasteiger partial charge in [0.1, 0.15) is 11.6 Å². The molecule has 0 atom stereocenters. The van der Waals surface area contributed by atoms with Gasteiger partial charge >= 0.3 is 0 Å². The van der Waals surface area contributed by atoms with E-state index in [4.69, 9.17) is 0 Å². The average Bonchev–Trinajstić information content (AvgIpc) is 3.00. The topological polar surface area (TPSA) is 57.8 Å². The lowest BCUT2D eigenvalue weighted by Gasteiger charge is -2.12. The number of aryl methyl sites for hydroxylation is 2. The molecule has 0 aliphatic rings. The lowest BCUT2D eigenvalue weighted by Crippen LogP contribution is -2.13. The number of hydrogen-bond acceptors (Lipinski definition) is 2. The summed E-state index contributed by atoms with van der Waals surface area (Å²) in [7, 11) is 0. The highest BCUT2D eigenvalue weighted by molar-refractivity contribution is 6.09. The van der Waals surface area contributed by atoms with Crippen LogP contribution in [-0.2, 0) is 4.79 Å². The number of benzene rings is 2. The average molecular weight is 398 g/mol. The molecule has 2 aromatic carbocycles. The Balaban J connectivity index is 1.90. The Morgan fingerprint density at radius 2 is 1.67 bits per heavy atom. The highest BCUT2D eigenvalue weighted by atomic mass is 16.1. The predicted octanol–water partition coefficient (Wildman–Crippen LogP) is 6.07. The monoisotopic (exact) mass is 397 g/mol. The second-order valence-corrected chi connectivity index (χ2v) is 7.90. The van der Waals surface area contributed by atoms with Crippen LogP contribution in [0.3, 0.4) is 0 Å². The number of nitriles is 1. The van der Waals surface area contributed by atoms with Crippen molar-refractivity contribution in [3.8, 4) is 11.8 Å². The van der Waals surface area contributed by atoms with E-state index in [0.717, 1.165) is 28.2 Å². The van der Waals surface area contributed by atoms with Crippen LogP contribution in [0.5, 0.6) is 0 Å². The van der Waals surface area contributed by atoms with Gasteiger partial charge in [-0.05, 0) is 74.2 Å². The van der Waals surface area contributed by atoms with Crippen molar-refractivity contribution in [2.24, 2.45) is 0 Å². The molecule has 0 aliphatic heterocycles. The van der Waals surface area contributed by atoms with Crippen molar-refractivity contribution in [3.63, 3.8) is 0 Å². The van der Waals surface area contributed by atoms with Crippen LogP contribution in [0.25, 0.3) is 11.8 Å². The first-order valence-electron chi connectivity index (χ1n) is 10.1. The summed E-state index contributed by atoms with van der Waals surface area (Å²) < 4.78 is 2.14. The van der Waals surface area contributed by atoms with E-state index in [2.05, 4.69) is 48.0 Å². The van der Waals surface area contributed by atoms with Gasteiger partial charge in [0.05, 0.1) is 0 Å². The highest BCUT2D eigenvalue weighted by Gasteiger charge is 2.14. The molecule has 3 rings (SSSR count). The third-order valence-electron chi connectivity index (χ3n) is 5.26. The standard InChI is InChI=1S/C26H27N3O/c1-17(2)21-8-12-25(13-9-21)29-19(4)14-22(20(29)5)15-23(16-27)26(30)28-24-10-6-18(3)7-11-24/h6-15,17H,1-5H3,(H,28,30)/b23-15+. The molecular weight excluding hydrogens is 370 g/mol. The molecule has 4 heteroatoms. The normalized spacial score (nSPS) is 11.4. The Hall–Kier alpha value is -3.58. The molecule has 0 fully saturated rings. The minimum Gasteiger partial charge on any atom is -0.321 e. The molecule has 0 radical (unpaired) electrons. The zero-order chi connectivity index (χ0) is 21.8. The molecule has 3 aromatic rings. The van der Waals surface area contributed by atoms with Crippen LogP contribution in [0.15, 0.2) is 60.2 Å². The first-order chi connectivity index (χ1) is 14.3. The Morgan fingerprint density at radius 3 is 2.23 bits per heavy atom. The molecule has 1 aromatic heterocycles. The summed E-state index contributed by atoms with van der Waals surface area (Å²) in [6, 6.07) is 20.0. The van der Waals surface area contributed by atoms with Crippen molar-refractivity contribution in [3.05, 3.63) is 88.2 Å². The number of carbonyl (C=O) groups is 1. The van der Waals surface area contributed by atoms with Crippen LogP contribution in [0.4, 0.5) is 5.69 Å². The lowest BCUT2D eigenvalue weighted by atomic mass is 10.0. The van der Waals surface area contributed by atoms with Gasteiger partial charge in [0.2, 0.25) is 0 Å². The Morgan fingerprint density at radius 1 is 1.03 bits per heavy atom. The number of carbonyl (C=O) groups excluding carboxylic acids is 1. The fraction of sp³-hybridized carbons (Fsp3) is 0.231. The van der Waals surface area contributed by atoms with E-state index in [-0.39, 0.29) is 5.57 Å². The molecule has 0 aliphatic carbocycles. The molecule has 0 saturated heterocycles. The molecule has 30 heavy (non-hydrogen) atoms. The predicted molar refractivity (Wildman–Crippen MR) is 123 cm³/mol. The van der Waals surface area contributed by atoms with Gasteiger partial charge in [-0.3, -0.25) is 4.79 Å². The van der Waals surface area contributed by atoms with E-state index in [1.54, 1.807) is 6.08 Å². The summed E-state index contributed by atoms with van der Waals surface area (Å²) in [4.78, 5) is 12.6. The minimum atomic E-state index is -0.410. The number of aromatic nitrogens is 1. The molecule has 152 valence electrons. The van der Waals surface area contributed by atoms with E-state index in [9.17, 15) is 10.1 Å². The van der Waals surface area contributed by atoms with Gasteiger partial charge in [-0.1, -0.05) is 43.7 Å². The molecular formula is C26H27N3O. The summed E-state index contributed by atoms with van der Waals surface area (Å²) >= 11 is 0.